The molecule has 1 atom stereocenters. The summed E-state index contributed by atoms with van der Waals surface area (Å²) in [7, 11) is 3.42. The van der Waals surface area contributed by atoms with Crippen LogP contribution in [0.1, 0.15) is 44.2 Å². The molecule has 0 aliphatic heterocycles. The molecule has 1 unspecified atom stereocenters. The summed E-state index contributed by atoms with van der Waals surface area (Å²) in [6.07, 6.45) is 5.30. The van der Waals surface area contributed by atoms with Crippen LogP contribution in [0.15, 0.2) is 18.2 Å². The second-order valence-electron chi connectivity index (χ2n) is 5.16. The topological polar surface area (TPSA) is 30.5 Å². The fourth-order valence-corrected chi connectivity index (χ4v) is 3.20. The van der Waals surface area contributed by atoms with Gasteiger partial charge in [0, 0.05) is 11.6 Å². The van der Waals surface area contributed by atoms with E-state index in [4.69, 9.17) is 9.47 Å². The van der Waals surface area contributed by atoms with E-state index in [9.17, 15) is 0 Å². The summed E-state index contributed by atoms with van der Waals surface area (Å²) in [5.41, 5.74) is 1.23. The van der Waals surface area contributed by atoms with Crippen molar-refractivity contribution < 1.29 is 9.47 Å². The van der Waals surface area contributed by atoms with Crippen molar-refractivity contribution in [1.82, 2.24) is 5.32 Å². The fraction of sp³-hybridized carbons (Fsp3) is 0.625. The lowest BCUT2D eigenvalue weighted by Crippen LogP contribution is -2.27. The Morgan fingerprint density at radius 3 is 2.53 bits per heavy atom. The Morgan fingerprint density at radius 2 is 1.95 bits per heavy atom. The first-order valence-electron chi connectivity index (χ1n) is 7.26. The first-order chi connectivity index (χ1) is 9.31. The summed E-state index contributed by atoms with van der Waals surface area (Å²) in [4.78, 5) is 0. The van der Waals surface area contributed by atoms with Gasteiger partial charge in [-0.05, 0) is 31.4 Å². The molecule has 1 aromatic carbocycles. The van der Waals surface area contributed by atoms with Gasteiger partial charge in [-0.1, -0.05) is 31.9 Å². The minimum absolute atomic E-state index is 0.373. The third-order valence-corrected chi connectivity index (χ3v) is 4.06. The Morgan fingerprint density at radius 1 is 1.21 bits per heavy atom. The molecule has 0 amide bonds. The van der Waals surface area contributed by atoms with Crippen LogP contribution in [0.25, 0.3) is 0 Å². The highest BCUT2D eigenvalue weighted by molar-refractivity contribution is 5.48. The van der Waals surface area contributed by atoms with Crippen molar-refractivity contribution in [2.24, 2.45) is 5.92 Å². The van der Waals surface area contributed by atoms with E-state index in [1.54, 1.807) is 14.2 Å². The zero-order valence-corrected chi connectivity index (χ0v) is 12.2. The van der Waals surface area contributed by atoms with E-state index in [2.05, 4.69) is 24.4 Å². The van der Waals surface area contributed by atoms with Crippen LogP contribution in [0.2, 0.25) is 0 Å². The third-order valence-electron chi connectivity index (χ3n) is 4.06. The number of hydrogen-bond acceptors (Lipinski definition) is 3. The normalized spacial score (nSPS) is 17.4. The molecule has 3 nitrogen and oxygen atoms in total. The number of hydrogen-bond donors (Lipinski definition) is 1. The van der Waals surface area contributed by atoms with Gasteiger partial charge in [-0.25, -0.2) is 0 Å². The molecule has 1 fully saturated rings. The van der Waals surface area contributed by atoms with Crippen molar-refractivity contribution in [3.05, 3.63) is 23.8 Å². The van der Waals surface area contributed by atoms with Crippen molar-refractivity contribution >= 4 is 0 Å². The summed E-state index contributed by atoms with van der Waals surface area (Å²) in [5, 5.41) is 3.63. The average molecular weight is 263 g/mol. The Bertz CT molecular complexity index is 400. The number of ether oxygens (including phenoxy) is 2. The highest BCUT2D eigenvalue weighted by Gasteiger charge is 2.28. The van der Waals surface area contributed by atoms with E-state index in [0.29, 0.717) is 12.0 Å². The van der Waals surface area contributed by atoms with Crippen molar-refractivity contribution in [3.8, 4) is 11.5 Å². The van der Waals surface area contributed by atoms with Gasteiger partial charge in [0.1, 0.15) is 0 Å². The molecular weight excluding hydrogens is 238 g/mol. The van der Waals surface area contributed by atoms with E-state index < -0.39 is 0 Å². The molecule has 1 aliphatic rings. The van der Waals surface area contributed by atoms with Gasteiger partial charge in [-0.3, -0.25) is 0 Å². The van der Waals surface area contributed by atoms with Crippen molar-refractivity contribution in [1.29, 1.82) is 0 Å². The molecule has 1 saturated carbocycles. The summed E-state index contributed by atoms with van der Waals surface area (Å²) in [6.45, 7) is 3.14. The highest BCUT2D eigenvalue weighted by Crippen LogP contribution is 2.42. The van der Waals surface area contributed by atoms with E-state index >= 15 is 0 Å². The summed E-state index contributed by atoms with van der Waals surface area (Å²) >= 11 is 0. The molecule has 0 bridgehead atoms. The average Bonchev–Trinajstić information content (AvgIpc) is 2.97. The molecule has 106 valence electrons. The van der Waals surface area contributed by atoms with Crippen LogP contribution in [-0.2, 0) is 0 Å². The standard InChI is InChI=1S/C16H25NO2/c1-4-17-15(12-8-5-6-9-12)13-10-7-11-14(18-2)16(13)19-3/h7,10-12,15,17H,4-6,8-9H2,1-3H3. The van der Waals surface area contributed by atoms with Crippen molar-refractivity contribution in [3.63, 3.8) is 0 Å². The lowest BCUT2D eigenvalue weighted by Gasteiger charge is -2.27. The number of methoxy groups -OCH3 is 2. The second-order valence-corrected chi connectivity index (χ2v) is 5.16. The van der Waals surface area contributed by atoms with E-state index in [1.807, 2.05) is 6.07 Å². The minimum atomic E-state index is 0.373. The lowest BCUT2D eigenvalue weighted by molar-refractivity contribution is 0.327. The molecule has 1 aliphatic carbocycles. The molecule has 2 rings (SSSR count). The van der Waals surface area contributed by atoms with Gasteiger partial charge >= 0.3 is 0 Å². The Hall–Kier alpha value is -1.22. The molecule has 1 aromatic rings. The monoisotopic (exact) mass is 263 g/mol. The van der Waals surface area contributed by atoms with Gasteiger partial charge in [0.2, 0.25) is 0 Å². The van der Waals surface area contributed by atoms with Gasteiger partial charge in [-0.2, -0.15) is 0 Å². The predicted octanol–water partition coefficient (Wildman–Crippen LogP) is 3.54. The number of rotatable bonds is 6. The van der Waals surface area contributed by atoms with Crippen LogP contribution in [0.4, 0.5) is 0 Å². The SMILES string of the molecule is CCNC(c1cccc(OC)c1OC)C1CCCC1. The number of nitrogens with one attached hydrogen (secondary N) is 1. The summed E-state index contributed by atoms with van der Waals surface area (Å²) in [6, 6.07) is 6.54. The molecule has 0 saturated heterocycles. The van der Waals surface area contributed by atoms with Crippen LogP contribution in [-0.4, -0.2) is 20.8 Å². The van der Waals surface area contributed by atoms with Crippen LogP contribution < -0.4 is 14.8 Å². The number of para-hydroxylation sites is 1. The number of benzene rings is 1. The lowest BCUT2D eigenvalue weighted by atomic mass is 9.90. The molecule has 0 aromatic heterocycles. The zero-order valence-electron chi connectivity index (χ0n) is 12.2. The van der Waals surface area contributed by atoms with Gasteiger partial charge in [0.05, 0.1) is 14.2 Å². The molecule has 1 N–H and O–H groups in total. The van der Waals surface area contributed by atoms with Gasteiger partial charge < -0.3 is 14.8 Å². The molecule has 0 spiro atoms. The Balaban J connectivity index is 2.34. The van der Waals surface area contributed by atoms with Gasteiger partial charge in [-0.15, -0.1) is 0 Å². The molecule has 19 heavy (non-hydrogen) atoms. The van der Waals surface area contributed by atoms with Gasteiger partial charge in [0.25, 0.3) is 0 Å². The fourth-order valence-electron chi connectivity index (χ4n) is 3.20. The molecule has 0 radical (unpaired) electrons. The minimum Gasteiger partial charge on any atom is -0.493 e. The molecular formula is C16H25NO2. The van der Waals surface area contributed by atoms with Crippen molar-refractivity contribution in [2.75, 3.05) is 20.8 Å². The van der Waals surface area contributed by atoms with Crippen LogP contribution in [0.5, 0.6) is 11.5 Å². The quantitative estimate of drug-likeness (QED) is 0.851. The molecule has 0 heterocycles. The Kier molecular flexibility index (Phi) is 5.08. The predicted molar refractivity (Wildman–Crippen MR) is 77.9 cm³/mol. The van der Waals surface area contributed by atoms with Crippen LogP contribution in [0, 0.1) is 5.92 Å². The van der Waals surface area contributed by atoms with E-state index in [1.165, 1.54) is 31.2 Å². The zero-order chi connectivity index (χ0) is 13.7. The maximum absolute atomic E-state index is 5.59. The maximum atomic E-state index is 5.59. The highest BCUT2D eigenvalue weighted by atomic mass is 16.5. The third kappa shape index (κ3) is 3.03. The van der Waals surface area contributed by atoms with Crippen molar-refractivity contribution in [2.45, 2.75) is 38.6 Å². The summed E-state index contributed by atoms with van der Waals surface area (Å²) in [5.74, 6) is 2.41. The first kappa shape index (κ1) is 14.2. The first-order valence-corrected chi connectivity index (χ1v) is 7.26. The van der Waals surface area contributed by atoms with Crippen LogP contribution >= 0.6 is 0 Å². The Labute approximate surface area is 116 Å². The molecule has 3 heteroatoms. The summed E-state index contributed by atoms with van der Waals surface area (Å²) < 4.78 is 11.0. The largest absolute Gasteiger partial charge is 0.493 e. The van der Waals surface area contributed by atoms with E-state index in [0.717, 1.165) is 18.0 Å². The second kappa shape index (κ2) is 6.80. The smallest absolute Gasteiger partial charge is 0.165 e. The van der Waals surface area contributed by atoms with Gasteiger partial charge in [0.15, 0.2) is 11.5 Å². The maximum Gasteiger partial charge on any atom is 0.165 e. The van der Waals surface area contributed by atoms with E-state index in [-0.39, 0.29) is 0 Å². The van der Waals surface area contributed by atoms with Crippen LogP contribution in [0.3, 0.4) is 0 Å².